The van der Waals surface area contributed by atoms with E-state index in [-0.39, 0.29) is 0 Å². The third kappa shape index (κ3) is 3.15. The van der Waals surface area contributed by atoms with E-state index in [0.717, 1.165) is 11.3 Å². The number of hydrogen-bond donors (Lipinski definition) is 1. The molecular weight excluding hydrogens is 328 g/mol. The van der Waals surface area contributed by atoms with Crippen molar-refractivity contribution in [3.8, 4) is 29.1 Å². The van der Waals surface area contributed by atoms with E-state index < -0.39 is 0 Å². The van der Waals surface area contributed by atoms with Crippen LogP contribution < -0.4 is 10.5 Å². The Morgan fingerprint density at radius 3 is 2.69 bits per heavy atom. The van der Waals surface area contributed by atoms with Gasteiger partial charge in [0.1, 0.15) is 5.75 Å². The van der Waals surface area contributed by atoms with Crippen LogP contribution in [0, 0.1) is 11.3 Å². The zero-order valence-electron chi connectivity index (χ0n) is 14.4. The SMILES string of the molecule is Cn1nc(C2CC2)cc1Oc1cc(C#N)ccc1-c1ncc(CN)cn1. The van der Waals surface area contributed by atoms with E-state index in [1.807, 2.05) is 13.1 Å². The van der Waals surface area contributed by atoms with E-state index in [1.54, 1.807) is 35.3 Å². The number of hydrogen-bond acceptors (Lipinski definition) is 6. The van der Waals surface area contributed by atoms with E-state index in [2.05, 4.69) is 21.1 Å². The van der Waals surface area contributed by atoms with Crippen LogP contribution in [0.4, 0.5) is 0 Å². The molecule has 7 nitrogen and oxygen atoms in total. The summed E-state index contributed by atoms with van der Waals surface area (Å²) in [5.74, 6) is 2.21. The molecule has 0 unspecified atom stereocenters. The number of nitrogens with zero attached hydrogens (tertiary/aromatic N) is 5. The van der Waals surface area contributed by atoms with Crippen LogP contribution in [0.25, 0.3) is 11.4 Å². The van der Waals surface area contributed by atoms with Crippen LogP contribution in [0.15, 0.2) is 36.7 Å². The van der Waals surface area contributed by atoms with Crippen molar-refractivity contribution < 1.29 is 4.74 Å². The summed E-state index contributed by atoms with van der Waals surface area (Å²) in [5.41, 5.74) is 8.72. The Morgan fingerprint density at radius 2 is 2.04 bits per heavy atom. The Hall–Kier alpha value is -3.24. The monoisotopic (exact) mass is 346 g/mol. The zero-order valence-corrected chi connectivity index (χ0v) is 14.4. The van der Waals surface area contributed by atoms with Gasteiger partial charge in [0.05, 0.1) is 22.9 Å². The molecule has 1 aliphatic rings. The van der Waals surface area contributed by atoms with Gasteiger partial charge in [0.25, 0.3) is 0 Å². The standard InChI is InChI=1S/C19H18N6O/c1-25-18(7-16(24-25)14-3-4-14)26-17-6-12(8-20)2-5-15(17)19-22-10-13(9-21)11-23-19/h2,5-7,10-11,14H,3-4,9,21H2,1H3. The molecule has 4 rings (SSSR count). The second-order valence-electron chi connectivity index (χ2n) is 6.35. The summed E-state index contributed by atoms with van der Waals surface area (Å²) in [6.45, 7) is 0.385. The zero-order chi connectivity index (χ0) is 18.1. The first kappa shape index (κ1) is 16.2. The van der Waals surface area contributed by atoms with Crippen molar-refractivity contribution >= 4 is 0 Å². The minimum atomic E-state index is 0.385. The van der Waals surface area contributed by atoms with E-state index in [0.29, 0.717) is 41.0 Å². The molecule has 1 fully saturated rings. The summed E-state index contributed by atoms with van der Waals surface area (Å²) < 4.78 is 7.81. The smallest absolute Gasteiger partial charge is 0.217 e. The predicted molar refractivity (Wildman–Crippen MR) is 95.3 cm³/mol. The van der Waals surface area contributed by atoms with Crippen LogP contribution in [0.5, 0.6) is 11.6 Å². The van der Waals surface area contributed by atoms with Crippen LogP contribution in [0.2, 0.25) is 0 Å². The average Bonchev–Trinajstić information content (AvgIpc) is 3.46. The van der Waals surface area contributed by atoms with Gasteiger partial charge in [0.15, 0.2) is 5.82 Å². The third-order valence-corrected chi connectivity index (χ3v) is 4.36. The van der Waals surface area contributed by atoms with Crippen molar-refractivity contribution in [3.63, 3.8) is 0 Å². The molecule has 0 saturated heterocycles. The number of benzene rings is 1. The lowest BCUT2D eigenvalue weighted by Gasteiger charge is -2.11. The van der Waals surface area contributed by atoms with Crippen LogP contribution in [-0.4, -0.2) is 19.7 Å². The van der Waals surface area contributed by atoms with Crippen LogP contribution in [0.1, 0.15) is 35.6 Å². The summed E-state index contributed by atoms with van der Waals surface area (Å²) in [7, 11) is 1.85. The minimum Gasteiger partial charge on any atom is -0.438 e. The number of aryl methyl sites for hydroxylation is 1. The highest BCUT2D eigenvalue weighted by Crippen LogP contribution is 2.41. The van der Waals surface area contributed by atoms with Gasteiger partial charge in [-0.25, -0.2) is 14.6 Å². The lowest BCUT2D eigenvalue weighted by atomic mass is 10.1. The molecule has 2 heterocycles. The second-order valence-corrected chi connectivity index (χ2v) is 6.35. The van der Waals surface area contributed by atoms with Crippen molar-refractivity contribution in [2.75, 3.05) is 0 Å². The molecule has 0 atom stereocenters. The summed E-state index contributed by atoms with van der Waals surface area (Å²) in [4.78, 5) is 8.73. The molecule has 0 bridgehead atoms. The molecule has 2 N–H and O–H groups in total. The minimum absolute atomic E-state index is 0.385. The number of nitrogens with two attached hydrogens (primary N) is 1. The van der Waals surface area contributed by atoms with Crippen molar-refractivity contribution in [2.24, 2.45) is 12.8 Å². The van der Waals surface area contributed by atoms with E-state index in [9.17, 15) is 5.26 Å². The van der Waals surface area contributed by atoms with Crippen LogP contribution in [-0.2, 0) is 13.6 Å². The molecule has 7 heteroatoms. The molecule has 130 valence electrons. The fraction of sp³-hybridized carbons (Fsp3) is 0.263. The van der Waals surface area contributed by atoms with Gasteiger partial charge in [0, 0.05) is 43.5 Å². The van der Waals surface area contributed by atoms with Crippen molar-refractivity contribution in [1.82, 2.24) is 19.7 Å². The Labute approximate surface area is 151 Å². The van der Waals surface area contributed by atoms with E-state index >= 15 is 0 Å². The molecule has 0 radical (unpaired) electrons. The fourth-order valence-corrected chi connectivity index (χ4v) is 2.72. The van der Waals surface area contributed by atoms with Gasteiger partial charge in [-0.15, -0.1) is 0 Å². The first-order valence-electron chi connectivity index (χ1n) is 8.45. The normalized spacial score (nSPS) is 13.4. The third-order valence-electron chi connectivity index (χ3n) is 4.36. The molecule has 1 saturated carbocycles. The lowest BCUT2D eigenvalue weighted by molar-refractivity contribution is 0.431. The number of nitriles is 1. The molecule has 0 spiro atoms. The molecule has 2 aromatic heterocycles. The Balaban J connectivity index is 1.72. The quantitative estimate of drug-likeness (QED) is 0.762. The first-order chi connectivity index (χ1) is 12.7. The summed E-state index contributed by atoms with van der Waals surface area (Å²) in [6.07, 6.45) is 5.74. The highest BCUT2D eigenvalue weighted by molar-refractivity contribution is 5.66. The van der Waals surface area contributed by atoms with Gasteiger partial charge < -0.3 is 10.5 Å². The highest BCUT2D eigenvalue weighted by atomic mass is 16.5. The Morgan fingerprint density at radius 1 is 1.27 bits per heavy atom. The average molecular weight is 346 g/mol. The van der Waals surface area contributed by atoms with Crippen molar-refractivity contribution in [2.45, 2.75) is 25.3 Å². The molecular formula is C19H18N6O. The highest BCUT2D eigenvalue weighted by Gasteiger charge is 2.27. The van der Waals surface area contributed by atoms with Gasteiger partial charge in [-0.2, -0.15) is 10.4 Å². The van der Waals surface area contributed by atoms with Crippen molar-refractivity contribution in [3.05, 3.63) is 53.5 Å². The second kappa shape index (κ2) is 6.58. The Kier molecular flexibility index (Phi) is 4.11. The van der Waals surface area contributed by atoms with Crippen LogP contribution >= 0.6 is 0 Å². The topological polar surface area (TPSA) is 103 Å². The summed E-state index contributed by atoms with van der Waals surface area (Å²) in [6, 6.07) is 9.31. The Bertz CT molecular complexity index is 982. The summed E-state index contributed by atoms with van der Waals surface area (Å²) >= 11 is 0. The maximum atomic E-state index is 9.23. The molecule has 0 amide bonds. The number of aromatic nitrogens is 4. The van der Waals surface area contributed by atoms with Gasteiger partial charge >= 0.3 is 0 Å². The maximum absolute atomic E-state index is 9.23. The largest absolute Gasteiger partial charge is 0.438 e. The number of ether oxygens (including phenoxy) is 1. The van der Waals surface area contributed by atoms with Crippen LogP contribution in [0.3, 0.4) is 0 Å². The molecule has 1 aliphatic carbocycles. The van der Waals surface area contributed by atoms with Gasteiger partial charge in [-0.05, 0) is 31.0 Å². The predicted octanol–water partition coefficient (Wildman–Crippen LogP) is 2.88. The van der Waals surface area contributed by atoms with E-state index in [4.69, 9.17) is 10.5 Å². The van der Waals surface area contributed by atoms with E-state index in [1.165, 1.54) is 12.8 Å². The molecule has 3 aromatic rings. The van der Waals surface area contributed by atoms with Gasteiger partial charge in [-0.3, -0.25) is 0 Å². The first-order valence-corrected chi connectivity index (χ1v) is 8.45. The molecule has 1 aromatic carbocycles. The van der Waals surface area contributed by atoms with Gasteiger partial charge in [-0.1, -0.05) is 0 Å². The molecule has 26 heavy (non-hydrogen) atoms. The lowest BCUT2D eigenvalue weighted by Crippen LogP contribution is -2.01. The van der Waals surface area contributed by atoms with Gasteiger partial charge in [0.2, 0.25) is 5.88 Å². The number of rotatable bonds is 5. The summed E-state index contributed by atoms with van der Waals surface area (Å²) in [5, 5.41) is 13.7. The van der Waals surface area contributed by atoms with Crippen molar-refractivity contribution in [1.29, 1.82) is 5.26 Å². The molecule has 0 aliphatic heterocycles. The maximum Gasteiger partial charge on any atom is 0.217 e. The fourth-order valence-electron chi connectivity index (χ4n) is 2.72.